The molecule has 0 bridgehead atoms. The van der Waals surface area contributed by atoms with Crippen molar-refractivity contribution in [3.05, 3.63) is 29.8 Å². The molecule has 0 saturated carbocycles. The van der Waals surface area contributed by atoms with Crippen molar-refractivity contribution in [3.63, 3.8) is 0 Å². The standard InChI is InChI=1S/C19H33N5O2.HI/c1-16(25)23-18-8-6-17(7-9-18)10-11-21-19(20-2)22-12-14-24(3)13-5-15-26-4;/h6-9H,5,10-15H2,1-4H3,(H,23,25)(H2,20,21,22);1H. The first-order chi connectivity index (χ1) is 12.5. The van der Waals surface area contributed by atoms with Crippen molar-refractivity contribution in [2.24, 2.45) is 4.99 Å². The molecule has 0 spiro atoms. The van der Waals surface area contributed by atoms with Crippen LogP contribution in [0.1, 0.15) is 18.9 Å². The number of methoxy groups -OCH3 is 1. The summed E-state index contributed by atoms with van der Waals surface area (Å²) in [5, 5.41) is 9.42. The second-order valence-electron chi connectivity index (χ2n) is 6.20. The van der Waals surface area contributed by atoms with E-state index in [1.165, 1.54) is 12.5 Å². The molecule has 0 heterocycles. The van der Waals surface area contributed by atoms with Crippen LogP contribution in [0.4, 0.5) is 5.69 Å². The van der Waals surface area contributed by atoms with E-state index in [1.807, 2.05) is 24.3 Å². The largest absolute Gasteiger partial charge is 0.385 e. The van der Waals surface area contributed by atoms with Crippen LogP contribution in [0.25, 0.3) is 0 Å². The average Bonchev–Trinajstić information content (AvgIpc) is 2.61. The molecule has 1 aromatic carbocycles. The number of nitrogens with zero attached hydrogens (tertiary/aromatic N) is 2. The van der Waals surface area contributed by atoms with Gasteiger partial charge in [0.1, 0.15) is 0 Å². The average molecular weight is 491 g/mol. The molecule has 7 nitrogen and oxygen atoms in total. The number of halogens is 1. The van der Waals surface area contributed by atoms with Gasteiger partial charge in [0, 0.05) is 59.6 Å². The van der Waals surface area contributed by atoms with Gasteiger partial charge in [0.25, 0.3) is 0 Å². The quantitative estimate of drug-likeness (QED) is 0.191. The minimum Gasteiger partial charge on any atom is -0.385 e. The molecule has 0 atom stereocenters. The van der Waals surface area contributed by atoms with Gasteiger partial charge in [-0.3, -0.25) is 9.79 Å². The molecular formula is C19H34IN5O2. The zero-order valence-corrected chi connectivity index (χ0v) is 19.2. The molecule has 1 aromatic rings. The van der Waals surface area contributed by atoms with Gasteiger partial charge < -0.3 is 25.6 Å². The summed E-state index contributed by atoms with van der Waals surface area (Å²) in [4.78, 5) is 17.5. The number of ether oxygens (including phenoxy) is 1. The van der Waals surface area contributed by atoms with E-state index in [0.29, 0.717) is 0 Å². The highest BCUT2D eigenvalue weighted by atomic mass is 127. The van der Waals surface area contributed by atoms with E-state index in [4.69, 9.17) is 4.74 Å². The van der Waals surface area contributed by atoms with Crippen LogP contribution in [0.2, 0.25) is 0 Å². The Morgan fingerprint density at radius 3 is 2.41 bits per heavy atom. The number of anilines is 1. The predicted molar refractivity (Wildman–Crippen MR) is 123 cm³/mol. The first-order valence-corrected chi connectivity index (χ1v) is 9.03. The Morgan fingerprint density at radius 1 is 1.15 bits per heavy atom. The lowest BCUT2D eigenvalue weighted by atomic mass is 10.1. The normalized spacial score (nSPS) is 11.1. The molecule has 0 radical (unpaired) electrons. The SMILES string of the molecule is CN=C(NCCc1ccc(NC(C)=O)cc1)NCCN(C)CCCOC.I. The molecule has 0 aliphatic heterocycles. The summed E-state index contributed by atoms with van der Waals surface area (Å²) in [6, 6.07) is 7.89. The van der Waals surface area contributed by atoms with Gasteiger partial charge in [-0.05, 0) is 37.6 Å². The molecule has 0 unspecified atom stereocenters. The highest BCUT2D eigenvalue weighted by Gasteiger charge is 2.01. The first kappa shape index (κ1) is 25.6. The number of amides is 1. The van der Waals surface area contributed by atoms with Crippen molar-refractivity contribution in [1.82, 2.24) is 15.5 Å². The lowest BCUT2D eigenvalue weighted by Crippen LogP contribution is -2.41. The summed E-state index contributed by atoms with van der Waals surface area (Å²) < 4.78 is 5.07. The fourth-order valence-corrected chi connectivity index (χ4v) is 2.46. The van der Waals surface area contributed by atoms with Crippen molar-refractivity contribution in [1.29, 1.82) is 0 Å². The molecule has 0 aliphatic rings. The van der Waals surface area contributed by atoms with Crippen LogP contribution in [0.3, 0.4) is 0 Å². The molecule has 1 rings (SSSR count). The number of aliphatic imine (C=N–C) groups is 1. The number of nitrogens with one attached hydrogen (secondary N) is 3. The van der Waals surface area contributed by atoms with Crippen molar-refractivity contribution >= 4 is 41.5 Å². The Balaban J connectivity index is 0.00000676. The first-order valence-electron chi connectivity index (χ1n) is 9.03. The second kappa shape index (κ2) is 15.6. The maximum absolute atomic E-state index is 11.0. The van der Waals surface area contributed by atoms with E-state index < -0.39 is 0 Å². The zero-order chi connectivity index (χ0) is 19.2. The van der Waals surface area contributed by atoms with Gasteiger partial charge in [-0.2, -0.15) is 0 Å². The minimum absolute atomic E-state index is 0. The number of rotatable bonds is 11. The van der Waals surface area contributed by atoms with E-state index in [0.717, 1.165) is 57.3 Å². The van der Waals surface area contributed by atoms with E-state index in [2.05, 4.69) is 32.9 Å². The van der Waals surface area contributed by atoms with E-state index >= 15 is 0 Å². The minimum atomic E-state index is -0.0568. The summed E-state index contributed by atoms with van der Waals surface area (Å²) in [5.41, 5.74) is 2.03. The number of guanidine groups is 1. The third-order valence-corrected chi connectivity index (χ3v) is 3.88. The van der Waals surface area contributed by atoms with E-state index in [-0.39, 0.29) is 29.9 Å². The summed E-state index contributed by atoms with van der Waals surface area (Å²) in [6.07, 6.45) is 1.93. The Bertz CT molecular complexity index is 552. The van der Waals surface area contributed by atoms with Gasteiger partial charge in [-0.25, -0.2) is 0 Å². The van der Waals surface area contributed by atoms with Gasteiger partial charge in [0.2, 0.25) is 5.91 Å². The molecule has 1 amide bonds. The lowest BCUT2D eigenvalue weighted by Gasteiger charge is -2.18. The van der Waals surface area contributed by atoms with Gasteiger partial charge in [0.05, 0.1) is 0 Å². The Hall–Kier alpha value is -1.39. The summed E-state index contributed by atoms with van der Waals surface area (Å²) >= 11 is 0. The number of likely N-dealkylation sites (N-methyl/N-ethyl adjacent to an activating group) is 1. The molecule has 0 saturated heterocycles. The fraction of sp³-hybridized carbons (Fsp3) is 0.579. The van der Waals surface area contributed by atoms with Crippen molar-refractivity contribution in [3.8, 4) is 0 Å². The van der Waals surface area contributed by atoms with Crippen LogP contribution < -0.4 is 16.0 Å². The third kappa shape index (κ3) is 12.6. The van der Waals surface area contributed by atoms with Crippen molar-refractivity contribution in [2.75, 3.05) is 59.3 Å². The summed E-state index contributed by atoms with van der Waals surface area (Å²) in [7, 11) is 5.62. The van der Waals surface area contributed by atoms with E-state index in [1.54, 1.807) is 14.2 Å². The third-order valence-electron chi connectivity index (χ3n) is 3.88. The van der Waals surface area contributed by atoms with Gasteiger partial charge in [-0.1, -0.05) is 12.1 Å². The maximum atomic E-state index is 11.0. The van der Waals surface area contributed by atoms with Crippen LogP contribution >= 0.6 is 24.0 Å². The van der Waals surface area contributed by atoms with Crippen molar-refractivity contribution < 1.29 is 9.53 Å². The Kier molecular flexibility index (Phi) is 14.8. The summed E-state index contributed by atoms with van der Waals surface area (Å²) in [6.45, 7) is 5.92. The molecule has 8 heteroatoms. The molecule has 3 N–H and O–H groups in total. The van der Waals surface area contributed by atoms with Gasteiger partial charge >= 0.3 is 0 Å². The fourth-order valence-electron chi connectivity index (χ4n) is 2.46. The topological polar surface area (TPSA) is 78.0 Å². The van der Waals surface area contributed by atoms with Crippen LogP contribution in [0, 0.1) is 0 Å². The molecule has 27 heavy (non-hydrogen) atoms. The summed E-state index contributed by atoms with van der Waals surface area (Å²) in [5.74, 6) is 0.754. The smallest absolute Gasteiger partial charge is 0.221 e. The van der Waals surface area contributed by atoms with Gasteiger partial charge in [0.15, 0.2) is 5.96 Å². The van der Waals surface area contributed by atoms with Crippen LogP contribution in [0.5, 0.6) is 0 Å². The van der Waals surface area contributed by atoms with Crippen LogP contribution in [-0.2, 0) is 16.0 Å². The maximum Gasteiger partial charge on any atom is 0.221 e. The highest BCUT2D eigenvalue weighted by Crippen LogP contribution is 2.09. The molecule has 0 fully saturated rings. The number of benzene rings is 1. The molecule has 0 aromatic heterocycles. The Morgan fingerprint density at radius 2 is 1.81 bits per heavy atom. The lowest BCUT2D eigenvalue weighted by molar-refractivity contribution is -0.114. The van der Waals surface area contributed by atoms with Crippen LogP contribution in [-0.4, -0.2) is 70.8 Å². The Labute approximate surface area is 180 Å². The predicted octanol–water partition coefficient (Wildman–Crippen LogP) is 1.94. The monoisotopic (exact) mass is 491 g/mol. The van der Waals surface area contributed by atoms with Crippen LogP contribution in [0.15, 0.2) is 29.3 Å². The molecular weight excluding hydrogens is 457 g/mol. The zero-order valence-electron chi connectivity index (χ0n) is 16.9. The van der Waals surface area contributed by atoms with Gasteiger partial charge in [-0.15, -0.1) is 24.0 Å². The van der Waals surface area contributed by atoms with Crippen molar-refractivity contribution in [2.45, 2.75) is 19.8 Å². The second-order valence-corrected chi connectivity index (χ2v) is 6.20. The number of carbonyl (C=O) groups excluding carboxylic acids is 1. The number of hydrogen-bond donors (Lipinski definition) is 3. The highest BCUT2D eigenvalue weighted by molar-refractivity contribution is 14.0. The molecule has 0 aliphatic carbocycles. The number of carbonyl (C=O) groups is 1. The molecule has 154 valence electrons. The number of hydrogen-bond acceptors (Lipinski definition) is 4. The van der Waals surface area contributed by atoms with E-state index in [9.17, 15) is 4.79 Å².